The molecule has 0 bridgehead atoms. The molecule has 1 saturated heterocycles. The molecule has 0 radical (unpaired) electrons. The summed E-state index contributed by atoms with van der Waals surface area (Å²) in [4.78, 5) is 0.176. The minimum absolute atomic E-state index is 0.0217. The lowest BCUT2D eigenvalue weighted by atomic mass is 10.1. The highest BCUT2D eigenvalue weighted by molar-refractivity contribution is 7.89. The Morgan fingerprint density at radius 1 is 1.15 bits per heavy atom. The number of para-hydroxylation sites is 1. The molecule has 0 saturated carbocycles. The van der Waals surface area contributed by atoms with Crippen molar-refractivity contribution in [3.8, 4) is 5.75 Å². The van der Waals surface area contributed by atoms with Gasteiger partial charge in [0.2, 0.25) is 10.0 Å². The Labute approximate surface area is 159 Å². The second-order valence-corrected chi connectivity index (χ2v) is 8.41. The van der Waals surface area contributed by atoms with E-state index in [4.69, 9.17) is 4.74 Å². The van der Waals surface area contributed by atoms with Crippen molar-refractivity contribution in [2.45, 2.75) is 36.6 Å². The number of sulfonamides is 1. The number of hydrogen-bond donors (Lipinski definition) is 4. The van der Waals surface area contributed by atoms with Crippen molar-refractivity contribution in [2.75, 3.05) is 13.2 Å². The molecule has 4 N–H and O–H groups in total. The van der Waals surface area contributed by atoms with Crippen LogP contribution >= 0.6 is 0 Å². The number of benzene rings is 2. The second kappa shape index (κ2) is 8.37. The molecular formula is C19H24N2O5S. The van der Waals surface area contributed by atoms with Gasteiger partial charge in [-0.05, 0) is 25.1 Å². The molecule has 1 fully saturated rings. The largest absolute Gasteiger partial charge is 0.508 e. The van der Waals surface area contributed by atoms with E-state index in [1.54, 1.807) is 42.5 Å². The first-order valence-corrected chi connectivity index (χ1v) is 10.2. The highest BCUT2D eigenvalue weighted by Gasteiger charge is 2.36. The predicted octanol–water partition coefficient (Wildman–Crippen LogP) is 0.897. The summed E-state index contributed by atoms with van der Waals surface area (Å²) in [6.07, 6.45) is -1.51. The molecule has 1 aliphatic rings. The molecule has 7 nitrogen and oxygen atoms in total. The molecular weight excluding hydrogens is 368 g/mol. The Kier molecular flexibility index (Phi) is 6.13. The fraction of sp³-hybridized carbons (Fsp3) is 0.368. The Hall–Kier alpha value is -1.97. The number of phenols is 1. The molecule has 2 aromatic carbocycles. The first kappa shape index (κ1) is 19.8. The van der Waals surface area contributed by atoms with Crippen molar-refractivity contribution >= 4 is 10.0 Å². The zero-order valence-corrected chi connectivity index (χ0v) is 15.8. The van der Waals surface area contributed by atoms with E-state index in [0.717, 1.165) is 5.56 Å². The molecule has 3 rings (SSSR count). The van der Waals surface area contributed by atoms with E-state index in [1.165, 1.54) is 0 Å². The second-order valence-electron chi connectivity index (χ2n) is 6.64. The molecule has 3 unspecified atom stereocenters. The molecule has 3 atom stereocenters. The van der Waals surface area contributed by atoms with Crippen molar-refractivity contribution in [3.63, 3.8) is 0 Å². The Balaban J connectivity index is 1.53. The van der Waals surface area contributed by atoms with E-state index in [-0.39, 0.29) is 29.8 Å². The van der Waals surface area contributed by atoms with Crippen LogP contribution in [-0.4, -0.2) is 50.0 Å². The summed E-state index contributed by atoms with van der Waals surface area (Å²) in [5.74, 6) is 0.181. The number of hydrogen-bond acceptors (Lipinski definition) is 6. The van der Waals surface area contributed by atoms with Crippen LogP contribution in [0.2, 0.25) is 0 Å². The quantitative estimate of drug-likeness (QED) is 0.558. The molecule has 0 aliphatic carbocycles. The van der Waals surface area contributed by atoms with Gasteiger partial charge in [-0.2, -0.15) is 0 Å². The Morgan fingerprint density at radius 3 is 2.56 bits per heavy atom. The van der Waals surface area contributed by atoms with Crippen molar-refractivity contribution in [3.05, 3.63) is 59.7 Å². The fourth-order valence-electron chi connectivity index (χ4n) is 2.94. The number of nitrogens with one attached hydrogen (secondary N) is 2. The number of aliphatic hydroxyl groups is 1. The normalized spacial score (nSPS) is 22.8. The lowest BCUT2D eigenvalue weighted by Gasteiger charge is -2.19. The average Bonchev–Trinajstić information content (AvgIpc) is 3.00. The summed E-state index contributed by atoms with van der Waals surface area (Å²) >= 11 is 0. The number of phenolic OH excluding ortho intramolecular Hbond substituents is 1. The monoisotopic (exact) mass is 392 g/mol. The smallest absolute Gasteiger partial charge is 0.240 e. The highest BCUT2D eigenvalue weighted by Crippen LogP contribution is 2.19. The Bertz CT molecular complexity index is 870. The summed E-state index contributed by atoms with van der Waals surface area (Å²) in [5, 5.41) is 23.3. The van der Waals surface area contributed by atoms with Gasteiger partial charge in [0.1, 0.15) is 5.75 Å². The molecule has 0 aromatic heterocycles. The van der Waals surface area contributed by atoms with Gasteiger partial charge >= 0.3 is 0 Å². The third-order valence-electron chi connectivity index (χ3n) is 4.64. The first-order chi connectivity index (χ1) is 12.9. The Morgan fingerprint density at radius 2 is 1.85 bits per heavy atom. The first-order valence-electron chi connectivity index (χ1n) is 8.73. The van der Waals surface area contributed by atoms with Crippen LogP contribution in [0.5, 0.6) is 5.75 Å². The van der Waals surface area contributed by atoms with E-state index in [1.807, 2.05) is 13.0 Å². The van der Waals surface area contributed by atoms with Gasteiger partial charge in [0.25, 0.3) is 0 Å². The number of aryl methyl sites for hydroxylation is 1. The van der Waals surface area contributed by atoms with E-state index >= 15 is 0 Å². The number of aromatic hydroxyl groups is 1. The zero-order chi connectivity index (χ0) is 19.4. The van der Waals surface area contributed by atoms with Crippen molar-refractivity contribution in [1.29, 1.82) is 0 Å². The van der Waals surface area contributed by atoms with E-state index in [2.05, 4.69) is 10.0 Å². The highest BCUT2D eigenvalue weighted by atomic mass is 32.2. The van der Waals surface area contributed by atoms with Crippen LogP contribution in [0.3, 0.4) is 0 Å². The molecule has 1 aliphatic heterocycles. The van der Waals surface area contributed by atoms with Crippen molar-refractivity contribution in [2.24, 2.45) is 0 Å². The lowest BCUT2D eigenvalue weighted by Crippen LogP contribution is -2.44. The minimum Gasteiger partial charge on any atom is -0.508 e. The molecule has 2 aromatic rings. The van der Waals surface area contributed by atoms with Gasteiger partial charge in [-0.25, -0.2) is 13.1 Å². The summed E-state index contributed by atoms with van der Waals surface area (Å²) < 4.78 is 32.7. The maximum Gasteiger partial charge on any atom is 0.240 e. The van der Waals surface area contributed by atoms with Crippen molar-refractivity contribution < 1.29 is 23.4 Å². The molecule has 0 amide bonds. The summed E-state index contributed by atoms with van der Waals surface area (Å²) in [7, 11) is -3.66. The molecule has 146 valence electrons. The fourth-order valence-corrected chi connectivity index (χ4v) is 3.98. The van der Waals surface area contributed by atoms with E-state index in [0.29, 0.717) is 12.1 Å². The van der Waals surface area contributed by atoms with Crippen LogP contribution in [0, 0.1) is 6.92 Å². The van der Waals surface area contributed by atoms with Crippen LogP contribution in [0.15, 0.2) is 53.4 Å². The maximum atomic E-state index is 12.3. The summed E-state index contributed by atoms with van der Waals surface area (Å²) in [6, 6.07) is 13.1. The average molecular weight is 392 g/mol. The molecule has 0 spiro atoms. The van der Waals surface area contributed by atoms with Gasteiger partial charge < -0.3 is 20.3 Å². The van der Waals surface area contributed by atoms with Crippen LogP contribution in [0.4, 0.5) is 0 Å². The standard InChI is InChI=1S/C19H24N2O5S/c1-13-6-8-15(9-7-13)27(24,25)21-11-18-19(23)16(12-26-18)20-10-14-4-2-3-5-17(14)22/h2-9,16,18-23H,10-12H2,1H3. The maximum absolute atomic E-state index is 12.3. The molecule has 1 heterocycles. The van der Waals surface area contributed by atoms with Crippen LogP contribution < -0.4 is 10.0 Å². The third-order valence-corrected chi connectivity index (χ3v) is 6.07. The van der Waals surface area contributed by atoms with Gasteiger partial charge in [-0.1, -0.05) is 35.9 Å². The molecule has 8 heteroatoms. The van der Waals surface area contributed by atoms with Crippen LogP contribution in [0.1, 0.15) is 11.1 Å². The van der Waals surface area contributed by atoms with E-state index < -0.39 is 22.2 Å². The summed E-state index contributed by atoms with van der Waals surface area (Å²) in [6.45, 7) is 2.49. The van der Waals surface area contributed by atoms with Gasteiger partial charge in [-0.15, -0.1) is 0 Å². The number of ether oxygens (including phenoxy) is 1. The predicted molar refractivity (Wildman–Crippen MR) is 101 cm³/mol. The third kappa shape index (κ3) is 4.85. The van der Waals surface area contributed by atoms with Gasteiger partial charge in [0.15, 0.2) is 0 Å². The zero-order valence-electron chi connectivity index (χ0n) is 15.0. The molecule has 27 heavy (non-hydrogen) atoms. The van der Waals surface area contributed by atoms with Crippen LogP contribution in [-0.2, 0) is 21.3 Å². The van der Waals surface area contributed by atoms with Crippen LogP contribution in [0.25, 0.3) is 0 Å². The van der Waals surface area contributed by atoms with Gasteiger partial charge in [0.05, 0.1) is 29.8 Å². The van der Waals surface area contributed by atoms with E-state index in [9.17, 15) is 18.6 Å². The lowest BCUT2D eigenvalue weighted by molar-refractivity contribution is 0.0443. The van der Waals surface area contributed by atoms with Gasteiger partial charge in [-0.3, -0.25) is 0 Å². The van der Waals surface area contributed by atoms with Crippen molar-refractivity contribution in [1.82, 2.24) is 10.0 Å². The van der Waals surface area contributed by atoms with Gasteiger partial charge in [0, 0.05) is 18.7 Å². The number of aliphatic hydroxyl groups excluding tert-OH is 1. The topological polar surface area (TPSA) is 108 Å². The minimum atomic E-state index is -3.66. The number of rotatable bonds is 7. The SMILES string of the molecule is Cc1ccc(S(=O)(=O)NCC2OCC(NCc3ccccc3O)C2O)cc1. The summed E-state index contributed by atoms with van der Waals surface area (Å²) in [5.41, 5.74) is 1.69.